The minimum absolute atomic E-state index is 0.344. The Morgan fingerprint density at radius 2 is 1.83 bits per heavy atom. The van der Waals surface area contributed by atoms with Gasteiger partial charge in [0.15, 0.2) is 0 Å². The van der Waals surface area contributed by atoms with E-state index in [0.29, 0.717) is 22.7 Å². The Morgan fingerprint density at radius 1 is 1.09 bits per heavy atom. The van der Waals surface area contributed by atoms with Gasteiger partial charge in [-0.3, -0.25) is 5.10 Å². The number of ether oxygens (including phenoxy) is 1. The molecule has 2 aromatic carbocycles. The first-order valence-corrected chi connectivity index (χ1v) is 11.4. The van der Waals surface area contributed by atoms with Crippen molar-refractivity contribution in [2.75, 3.05) is 7.11 Å². The van der Waals surface area contributed by atoms with E-state index in [1.165, 1.54) is 0 Å². The summed E-state index contributed by atoms with van der Waals surface area (Å²) in [5, 5.41) is 15.8. The molecule has 2 aromatic heterocycles. The number of allylic oxidation sites excluding steroid dienone is 1. The van der Waals surface area contributed by atoms with E-state index in [1.807, 2.05) is 60.8 Å². The van der Waals surface area contributed by atoms with E-state index in [1.54, 1.807) is 13.2 Å². The van der Waals surface area contributed by atoms with Crippen LogP contribution in [0.25, 0.3) is 28.1 Å². The SMILES string of the molecule is COc1ccc(/C(=C(\c2ccc(/C=C/C(=O)O)cc2)c2ccc3n[nH]c(F)c3c2)C2CCC2)cn1. The number of aliphatic carboxylic acids is 1. The maximum atomic E-state index is 14.4. The number of carboxylic acids is 1. The Labute approximate surface area is 201 Å². The number of carbonyl (C=O) groups is 1. The van der Waals surface area contributed by atoms with Crippen molar-refractivity contribution in [1.82, 2.24) is 15.2 Å². The van der Waals surface area contributed by atoms with E-state index < -0.39 is 11.9 Å². The summed E-state index contributed by atoms with van der Waals surface area (Å²) < 4.78 is 19.7. The fourth-order valence-electron chi connectivity index (χ4n) is 4.48. The molecular formula is C28H24FN3O3. The molecule has 0 saturated heterocycles. The van der Waals surface area contributed by atoms with Gasteiger partial charge in [-0.25, -0.2) is 9.78 Å². The molecule has 4 aromatic rings. The molecule has 0 aliphatic heterocycles. The predicted octanol–water partition coefficient (Wildman–Crippen LogP) is 5.96. The van der Waals surface area contributed by atoms with Crippen molar-refractivity contribution in [3.8, 4) is 5.88 Å². The van der Waals surface area contributed by atoms with Gasteiger partial charge in [-0.05, 0) is 76.4 Å². The smallest absolute Gasteiger partial charge is 0.328 e. The summed E-state index contributed by atoms with van der Waals surface area (Å²) in [6, 6.07) is 17.2. The highest BCUT2D eigenvalue weighted by Crippen LogP contribution is 2.45. The lowest BCUT2D eigenvalue weighted by molar-refractivity contribution is -0.131. The van der Waals surface area contributed by atoms with Crippen LogP contribution in [0.3, 0.4) is 0 Å². The highest BCUT2D eigenvalue weighted by atomic mass is 19.1. The summed E-state index contributed by atoms with van der Waals surface area (Å²) in [6.07, 6.45) is 7.78. The van der Waals surface area contributed by atoms with Gasteiger partial charge >= 0.3 is 5.97 Å². The van der Waals surface area contributed by atoms with Crippen LogP contribution in [0.15, 0.2) is 66.9 Å². The molecule has 35 heavy (non-hydrogen) atoms. The highest BCUT2D eigenvalue weighted by Gasteiger charge is 2.28. The van der Waals surface area contributed by atoms with E-state index in [4.69, 9.17) is 9.84 Å². The predicted molar refractivity (Wildman–Crippen MR) is 133 cm³/mol. The second-order valence-corrected chi connectivity index (χ2v) is 8.57. The lowest BCUT2D eigenvalue weighted by Gasteiger charge is -2.31. The molecule has 0 amide bonds. The second-order valence-electron chi connectivity index (χ2n) is 8.57. The Kier molecular flexibility index (Phi) is 6.14. The van der Waals surface area contributed by atoms with Crippen LogP contribution in [0.2, 0.25) is 0 Å². The van der Waals surface area contributed by atoms with Crippen LogP contribution in [0.4, 0.5) is 4.39 Å². The van der Waals surface area contributed by atoms with Crippen LogP contribution in [0, 0.1) is 11.9 Å². The van der Waals surface area contributed by atoms with Crippen LogP contribution < -0.4 is 4.74 Å². The molecule has 0 atom stereocenters. The zero-order chi connectivity index (χ0) is 24.4. The van der Waals surface area contributed by atoms with Gasteiger partial charge in [-0.15, -0.1) is 0 Å². The molecule has 6 nitrogen and oxygen atoms in total. The normalized spacial score (nSPS) is 14.7. The van der Waals surface area contributed by atoms with E-state index in [2.05, 4.69) is 15.2 Å². The van der Waals surface area contributed by atoms with E-state index in [-0.39, 0.29) is 0 Å². The fourth-order valence-corrected chi connectivity index (χ4v) is 4.48. The zero-order valence-electron chi connectivity index (χ0n) is 19.2. The van der Waals surface area contributed by atoms with Crippen molar-refractivity contribution in [2.24, 2.45) is 5.92 Å². The van der Waals surface area contributed by atoms with Crippen molar-refractivity contribution < 1.29 is 19.0 Å². The van der Waals surface area contributed by atoms with Crippen molar-refractivity contribution in [3.63, 3.8) is 0 Å². The summed E-state index contributed by atoms with van der Waals surface area (Å²) in [6.45, 7) is 0. The van der Waals surface area contributed by atoms with Crippen LogP contribution in [-0.4, -0.2) is 33.4 Å². The number of H-pyrrole nitrogens is 1. The number of rotatable bonds is 7. The number of hydrogen-bond acceptors (Lipinski definition) is 4. The number of aromatic amines is 1. The Morgan fingerprint density at radius 3 is 2.46 bits per heavy atom. The Hall–Kier alpha value is -4.26. The number of fused-ring (bicyclic) bond motifs is 1. The molecule has 1 aliphatic rings. The number of methoxy groups -OCH3 is 1. The van der Waals surface area contributed by atoms with Gasteiger partial charge in [0.25, 0.3) is 0 Å². The number of carboxylic acid groups (broad SMARTS) is 1. The monoisotopic (exact) mass is 469 g/mol. The van der Waals surface area contributed by atoms with Crippen molar-refractivity contribution >= 4 is 34.1 Å². The van der Waals surface area contributed by atoms with Crippen molar-refractivity contribution in [1.29, 1.82) is 0 Å². The first-order valence-electron chi connectivity index (χ1n) is 11.4. The van der Waals surface area contributed by atoms with Gasteiger partial charge in [-0.1, -0.05) is 36.8 Å². The van der Waals surface area contributed by atoms with Crippen molar-refractivity contribution in [2.45, 2.75) is 19.3 Å². The highest BCUT2D eigenvalue weighted by molar-refractivity contribution is 6.01. The lowest BCUT2D eigenvalue weighted by atomic mass is 9.73. The quantitative estimate of drug-likeness (QED) is 0.326. The van der Waals surface area contributed by atoms with Gasteiger partial charge in [0.2, 0.25) is 11.8 Å². The van der Waals surface area contributed by atoms with Crippen molar-refractivity contribution in [3.05, 3.63) is 95.1 Å². The largest absolute Gasteiger partial charge is 0.481 e. The van der Waals surface area contributed by atoms with Gasteiger partial charge in [0, 0.05) is 18.3 Å². The molecule has 1 aliphatic carbocycles. The Bertz CT molecular complexity index is 1430. The average molecular weight is 470 g/mol. The van der Waals surface area contributed by atoms with E-state index >= 15 is 0 Å². The number of aromatic nitrogens is 3. The standard InChI is InChI=1S/C28H24FN3O3/c1-35-24-13-11-21(16-30-24)27(18-3-2-4-18)26(19-8-5-17(6-9-19)7-14-25(33)34)20-10-12-23-22(15-20)28(29)32-31-23/h5-16,18H,2-4H2,1H3,(H,31,32)(H,33,34)/b14-7+,27-26+. The molecule has 7 heteroatoms. The maximum absolute atomic E-state index is 14.4. The molecule has 0 spiro atoms. The third kappa shape index (κ3) is 4.57. The summed E-state index contributed by atoms with van der Waals surface area (Å²) in [5.41, 5.74) is 6.33. The molecular weight excluding hydrogens is 445 g/mol. The first-order chi connectivity index (χ1) is 17.0. The second kappa shape index (κ2) is 9.54. The average Bonchev–Trinajstić information content (AvgIpc) is 3.22. The van der Waals surface area contributed by atoms with Crippen LogP contribution in [-0.2, 0) is 4.79 Å². The molecule has 2 N–H and O–H groups in total. The maximum Gasteiger partial charge on any atom is 0.328 e. The Balaban J connectivity index is 1.72. The summed E-state index contributed by atoms with van der Waals surface area (Å²) in [7, 11) is 1.59. The minimum atomic E-state index is -0.996. The number of nitrogens with zero attached hydrogens (tertiary/aromatic N) is 2. The van der Waals surface area contributed by atoms with Gasteiger partial charge < -0.3 is 9.84 Å². The zero-order valence-corrected chi connectivity index (χ0v) is 19.2. The first kappa shape index (κ1) is 22.5. The minimum Gasteiger partial charge on any atom is -0.481 e. The van der Waals surface area contributed by atoms with Gasteiger partial charge in [-0.2, -0.15) is 9.49 Å². The fraction of sp³-hybridized carbons (Fsp3) is 0.179. The van der Waals surface area contributed by atoms with Crippen LogP contribution in [0.5, 0.6) is 5.88 Å². The number of pyridine rings is 1. The van der Waals surface area contributed by atoms with E-state index in [0.717, 1.165) is 58.7 Å². The third-order valence-electron chi connectivity index (χ3n) is 6.45. The molecule has 2 heterocycles. The molecule has 5 rings (SSSR count). The number of halogens is 1. The summed E-state index contributed by atoms with van der Waals surface area (Å²) >= 11 is 0. The summed E-state index contributed by atoms with van der Waals surface area (Å²) in [4.78, 5) is 15.3. The van der Waals surface area contributed by atoms with Crippen LogP contribution >= 0.6 is 0 Å². The number of nitrogens with one attached hydrogen (secondary N) is 1. The lowest BCUT2D eigenvalue weighted by Crippen LogP contribution is -2.15. The van der Waals surface area contributed by atoms with Gasteiger partial charge in [0.05, 0.1) is 18.0 Å². The topological polar surface area (TPSA) is 88.1 Å². The van der Waals surface area contributed by atoms with E-state index in [9.17, 15) is 9.18 Å². The summed E-state index contributed by atoms with van der Waals surface area (Å²) in [5.74, 6) is -0.576. The molecule has 0 bridgehead atoms. The molecule has 0 unspecified atom stereocenters. The molecule has 0 radical (unpaired) electrons. The number of hydrogen-bond donors (Lipinski definition) is 2. The third-order valence-corrected chi connectivity index (χ3v) is 6.45. The molecule has 1 fully saturated rings. The molecule has 176 valence electrons. The van der Waals surface area contributed by atoms with Crippen LogP contribution in [0.1, 0.15) is 41.5 Å². The number of benzene rings is 2. The molecule has 1 saturated carbocycles. The van der Waals surface area contributed by atoms with Gasteiger partial charge in [0.1, 0.15) is 0 Å².